The van der Waals surface area contributed by atoms with E-state index in [2.05, 4.69) is 14.4 Å². The second-order valence-corrected chi connectivity index (χ2v) is 5.78. The Hall–Kier alpha value is -1.73. The van der Waals surface area contributed by atoms with Gasteiger partial charge in [-0.15, -0.1) is 11.3 Å². The van der Waals surface area contributed by atoms with Crippen LogP contribution in [0.2, 0.25) is 0 Å². The van der Waals surface area contributed by atoms with Crippen LogP contribution < -0.4 is 0 Å². The van der Waals surface area contributed by atoms with Crippen molar-refractivity contribution < 1.29 is 12.7 Å². The predicted molar refractivity (Wildman–Crippen MR) is 69.0 cm³/mol. The number of hydrogen-bond donors (Lipinski definition) is 0. The molecule has 5 nitrogen and oxygen atoms in total. The molecule has 0 amide bonds. The van der Waals surface area contributed by atoms with Gasteiger partial charge >= 0.3 is 10.1 Å². The van der Waals surface area contributed by atoms with Gasteiger partial charge in [-0.2, -0.15) is 8.42 Å². The molecule has 1 aromatic carbocycles. The van der Waals surface area contributed by atoms with E-state index in [4.69, 9.17) is 0 Å². The maximum absolute atomic E-state index is 11.8. The van der Waals surface area contributed by atoms with Crippen molar-refractivity contribution in [1.29, 1.82) is 0 Å². The number of nitrogens with zero attached hydrogens (tertiary/aromatic N) is 2. The summed E-state index contributed by atoms with van der Waals surface area (Å²) in [6, 6.07) is 7.86. The predicted octanol–water partition coefficient (Wildman–Crippen LogP) is 2.27. The van der Waals surface area contributed by atoms with Gasteiger partial charge in [-0.05, 0) is 19.1 Å². The fraction of sp³-hybridized carbons (Fsp3) is 0.0909. The van der Waals surface area contributed by atoms with Gasteiger partial charge < -0.3 is 0 Å². The average Bonchev–Trinajstić information content (AvgIpc) is 2.91. The molecule has 0 unspecified atom stereocenters. The number of oxime groups is 1. The molecule has 0 atom stereocenters. The number of benzene rings is 1. The summed E-state index contributed by atoms with van der Waals surface area (Å²) >= 11 is 1.36. The van der Waals surface area contributed by atoms with Gasteiger partial charge in [-0.3, -0.25) is 4.28 Å². The fourth-order valence-corrected chi connectivity index (χ4v) is 2.54. The summed E-state index contributed by atoms with van der Waals surface area (Å²) in [7, 11) is -3.86. The molecule has 0 N–H and O–H groups in total. The van der Waals surface area contributed by atoms with Crippen LogP contribution >= 0.6 is 11.3 Å². The number of rotatable bonds is 4. The highest BCUT2D eigenvalue weighted by molar-refractivity contribution is 7.86. The van der Waals surface area contributed by atoms with Gasteiger partial charge in [0.05, 0.1) is 0 Å². The molecule has 1 aromatic heterocycles. The van der Waals surface area contributed by atoms with Crippen molar-refractivity contribution >= 4 is 27.2 Å². The summed E-state index contributed by atoms with van der Waals surface area (Å²) in [5.41, 5.74) is 0.421. The molecule has 18 heavy (non-hydrogen) atoms. The average molecular weight is 282 g/mol. The smallest absolute Gasteiger partial charge is 0.264 e. The Kier molecular flexibility index (Phi) is 3.73. The van der Waals surface area contributed by atoms with E-state index in [1.165, 1.54) is 23.5 Å². The number of aromatic nitrogens is 1. The molecule has 0 aliphatic heterocycles. The van der Waals surface area contributed by atoms with Crippen LogP contribution in [0.5, 0.6) is 0 Å². The van der Waals surface area contributed by atoms with Crippen LogP contribution in [0.15, 0.2) is 52.0 Å². The second-order valence-electron chi connectivity index (χ2n) is 3.36. The first-order valence-electron chi connectivity index (χ1n) is 5.03. The van der Waals surface area contributed by atoms with E-state index in [-0.39, 0.29) is 4.90 Å². The highest BCUT2D eigenvalue weighted by atomic mass is 32.2. The van der Waals surface area contributed by atoms with Crippen molar-refractivity contribution in [3.05, 3.63) is 46.9 Å². The first-order valence-corrected chi connectivity index (χ1v) is 7.31. The Morgan fingerprint density at radius 1 is 1.33 bits per heavy atom. The lowest BCUT2D eigenvalue weighted by atomic mass is 10.4. The Balaban J connectivity index is 2.18. The molecule has 0 bridgehead atoms. The Morgan fingerprint density at radius 3 is 2.67 bits per heavy atom. The third kappa shape index (κ3) is 2.93. The van der Waals surface area contributed by atoms with Crippen molar-refractivity contribution in [1.82, 2.24) is 4.98 Å². The lowest BCUT2D eigenvalue weighted by molar-refractivity contribution is 0.339. The number of thiazole rings is 1. The molecule has 0 radical (unpaired) electrons. The van der Waals surface area contributed by atoms with E-state index in [0.29, 0.717) is 10.7 Å². The Labute approximate surface area is 109 Å². The fourth-order valence-electron chi connectivity index (χ4n) is 1.18. The minimum Gasteiger partial charge on any atom is -0.264 e. The molecule has 7 heteroatoms. The van der Waals surface area contributed by atoms with Crippen LogP contribution in [-0.4, -0.2) is 19.1 Å². The molecule has 0 spiro atoms. The molecule has 0 aliphatic carbocycles. The van der Waals surface area contributed by atoms with E-state index in [1.54, 1.807) is 36.7 Å². The molecule has 0 saturated heterocycles. The van der Waals surface area contributed by atoms with Crippen molar-refractivity contribution in [2.45, 2.75) is 11.8 Å². The summed E-state index contributed by atoms with van der Waals surface area (Å²) < 4.78 is 28.1. The van der Waals surface area contributed by atoms with Crippen molar-refractivity contribution in [3.8, 4) is 0 Å². The van der Waals surface area contributed by atoms with Gasteiger partial charge in [0.15, 0.2) is 0 Å². The second kappa shape index (κ2) is 5.28. The molecule has 2 rings (SSSR count). The SMILES string of the molecule is C/C(=N/OS(=O)(=O)c1ccccc1)c1nccs1. The summed E-state index contributed by atoms with van der Waals surface area (Å²) in [6.45, 7) is 1.64. The Morgan fingerprint density at radius 2 is 2.06 bits per heavy atom. The van der Waals surface area contributed by atoms with Crippen LogP contribution in [0.3, 0.4) is 0 Å². The highest BCUT2D eigenvalue weighted by Gasteiger charge is 2.15. The van der Waals surface area contributed by atoms with Crippen molar-refractivity contribution in [2.24, 2.45) is 5.16 Å². The summed E-state index contributed by atoms with van der Waals surface area (Å²) in [4.78, 5) is 4.07. The van der Waals surface area contributed by atoms with Gasteiger partial charge in [-0.25, -0.2) is 4.98 Å². The minimum absolute atomic E-state index is 0.0701. The van der Waals surface area contributed by atoms with Gasteiger partial charge in [0.1, 0.15) is 15.6 Å². The van der Waals surface area contributed by atoms with E-state index in [0.717, 1.165) is 0 Å². The molecule has 94 valence electrons. The van der Waals surface area contributed by atoms with Crippen molar-refractivity contribution in [3.63, 3.8) is 0 Å². The minimum atomic E-state index is -3.86. The Bertz CT molecular complexity index is 634. The first-order chi connectivity index (χ1) is 8.59. The molecular weight excluding hydrogens is 272 g/mol. The van der Waals surface area contributed by atoms with Crippen LogP contribution in [0.25, 0.3) is 0 Å². The zero-order chi connectivity index (χ0) is 13.0. The quantitative estimate of drug-likeness (QED) is 0.637. The van der Waals surface area contributed by atoms with E-state index >= 15 is 0 Å². The summed E-state index contributed by atoms with van der Waals surface area (Å²) in [5.74, 6) is 0. The van der Waals surface area contributed by atoms with Gasteiger partial charge in [0.25, 0.3) is 0 Å². The van der Waals surface area contributed by atoms with Gasteiger partial charge in [0, 0.05) is 11.6 Å². The summed E-state index contributed by atoms with van der Waals surface area (Å²) in [5, 5.41) is 5.99. The zero-order valence-corrected chi connectivity index (χ0v) is 11.1. The molecule has 1 heterocycles. The standard InChI is InChI=1S/C11H10N2O3S2/c1-9(11-12-7-8-17-11)13-16-18(14,15)10-5-3-2-4-6-10/h2-8H,1H3/b13-9-. The monoisotopic (exact) mass is 282 g/mol. The molecule has 0 saturated carbocycles. The van der Waals surface area contributed by atoms with Gasteiger partial charge in [0.2, 0.25) is 0 Å². The zero-order valence-electron chi connectivity index (χ0n) is 9.48. The normalized spacial score (nSPS) is 12.4. The third-order valence-corrected chi connectivity index (χ3v) is 4.05. The lowest BCUT2D eigenvalue weighted by Gasteiger charge is -2.01. The van der Waals surface area contributed by atoms with E-state index in [9.17, 15) is 8.42 Å². The maximum atomic E-state index is 11.8. The molecule has 0 fully saturated rings. The van der Waals surface area contributed by atoms with Crippen LogP contribution in [0, 0.1) is 0 Å². The van der Waals surface area contributed by atoms with Crippen LogP contribution in [0.1, 0.15) is 11.9 Å². The highest BCUT2D eigenvalue weighted by Crippen LogP contribution is 2.13. The van der Waals surface area contributed by atoms with Crippen LogP contribution in [-0.2, 0) is 14.4 Å². The maximum Gasteiger partial charge on any atom is 0.358 e. The summed E-state index contributed by atoms with van der Waals surface area (Å²) in [6.07, 6.45) is 1.62. The number of hydrogen-bond acceptors (Lipinski definition) is 6. The topological polar surface area (TPSA) is 68.6 Å². The van der Waals surface area contributed by atoms with Crippen LogP contribution in [0.4, 0.5) is 0 Å². The van der Waals surface area contributed by atoms with Crippen molar-refractivity contribution in [2.75, 3.05) is 0 Å². The molecule has 0 aliphatic rings. The van der Waals surface area contributed by atoms with Gasteiger partial charge in [-0.1, -0.05) is 23.4 Å². The largest absolute Gasteiger partial charge is 0.358 e. The molecule has 2 aromatic rings. The van der Waals surface area contributed by atoms with E-state index in [1.807, 2.05) is 0 Å². The first kappa shape index (κ1) is 12.7. The molecular formula is C11H10N2O3S2. The third-order valence-electron chi connectivity index (χ3n) is 2.05. The van der Waals surface area contributed by atoms with E-state index < -0.39 is 10.1 Å². The lowest BCUT2D eigenvalue weighted by Crippen LogP contribution is -2.04.